The van der Waals surface area contributed by atoms with E-state index in [9.17, 15) is 19.8 Å². The minimum Gasteiger partial charge on any atom is -0.481 e. The zero-order valence-electron chi connectivity index (χ0n) is 14.5. The van der Waals surface area contributed by atoms with Crippen LogP contribution in [0.1, 0.15) is 27.0 Å². The van der Waals surface area contributed by atoms with Crippen molar-refractivity contribution in [3.63, 3.8) is 0 Å². The van der Waals surface area contributed by atoms with Crippen LogP contribution in [0, 0.1) is 0 Å². The van der Waals surface area contributed by atoms with E-state index in [1.54, 1.807) is 24.3 Å². The number of carbonyl (C=O) groups is 2. The molecular formula is C23H18O4. The van der Waals surface area contributed by atoms with Gasteiger partial charge in [0.15, 0.2) is 0 Å². The molecule has 0 heterocycles. The summed E-state index contributed by atoms with van der Waals surface area (Å²) in [5, 5.41) is 18.6. The molecule has 134 valence electrons. The smallest absolute Gasteiger partial charge is 0.335 e. The summed E-state index contributed by atoms with van der Waals surface area (Å²) in [7, 11) is 0. The Bertz CT molecular complexity index is 1000. The monoisotopic (exact) mass is 358 g/mol. The lowest BCUT2D eigenvalue weighted by molar-refractivity contribution is -0.136. The molecule has 3 aromatic rings. The van der Waals surface area contributed by atoms with Crippen LogP contribution in [0.5, 0.6) is 0 Å². The van der Waals surface area contributed by atoms with Gasteiger partial charge in [0.25, 0.3) is 0 Å². The summed E-state index contributed by atoms with van der Waals surface area (Å²) < 4.78 is 0. The van der Waals surface area contributed by atoms with E-state index in [1.807, 2.05) is 54.6 Å². The molecule has 0 aliphatic heterocycles. The first kappa shape index (κ1) is 18.1. The second kappa shape index (κ2) is 8.15. The summed E-state index contributed by atoms with van der Waals surface area (Å²) in [5.74, 6) is -1.95. The lowest BCUT2D eigenvalue weighted by atomic mass is 9.91. The van der Waals surface area contributed by atoms with Gasteiger partial charge in [0.2, 0.25) is 0 Å². The van der Waals surface area contributed by atoms with Crippen molar-refractivity contribution in [1.82, 2.24) is 0 Å². The summed E-state index contributed by atoms with van der Waals surface area (Å²) in [5.41, 5.74) is 4.07. The topological polar surface area (TPSA) is 74.6 Å². The molecule has 0 atom stereocenters. The van der Waals surface area contributed by atoms with Gasteiger partial charge in [0.1, 0.15) is 0 Å². The van der Waals surface area contributed by atoms with Gasteiger partial charge in [-0.1, -0.05) is 72.8 Å². The van der Waals surface area contributed by atoms with Gasteiger partial charge in [-0.2, -0.15) is 0 Å². The van der Waals surface area contributed by atoms with E-state index in [2.05, 4.69) is 0 Å². The largest absolute Gasteiger partial charge is 0.481 e. The lowest BCUT2D eigenvalue weighted by Crippen LogP contribution is -2.03. The Morgan fingerprint density at radius 1 is 0.815 bits per heavy atom. The van der Waals surface area contributed by atoms with Crippen molar-refractivity contribution in [3.05, 3.63) is 95.1 Å². The van der Waals surface area contributed by atoms with E-state index in [4.69, 9.17) is 0 Å². The standard InChI is InChI=1S/C23H18O4/c24-21(25)15-19-10-4-8-17(13-12-16-6-2-1-3-7-16)22(19)18-9-5-11-20(14-18)23(26)27/h1-14H,15H2,(H,24,25)(H,26,27). The second-order valence-electron chi connectivity index (χ2n) is 6.08. The molecule has 0 saturated heterocycles. The molecule has 0 fully saturated rings. The Morgan fingerprint density at radius 3 is 2.26 bits per heavy atom. The van der Waals surface area contributed by atoms with Crippen molar-refractivity contribution in [1.29, 1.82) is 0 Å². The number of carboxylic acid groups (broad SMARTS) is 2. The van der Waals surface area contributed by atoms with E-state index >= 15 is 0 Å². The minimum atomic E-state index is -1.02. The highest BCUT2D eigenvalue weighted by molar-refractivity contribution is 5.91. The maximum atomic E-state index is 11.3. The molecule has 3 rings (SSSR count). The van der Waals surface area contributed by atoms with Crippen LogP contribution in [-0.2, 0) is 11.2 Å². The van der Waals surface area contributed by atoms with E-state index < -0.39 is 11.9 Å². The first-order chi connectivity index (χ1) is 13.0. The Hall–Kier alpha value is -3.66. The molecule has 2 N–H and O–H groups in total. The Balaban J connectivity index is 2.14. The molecular weight excluding hydrogens is 340 g/mol. The maximum Gasteiger partial charge on any atom is 0.335 e. The third kappa shape index (κ3) is 4.50. The van der Waals surface area contributed by atoms with Crippen LogP contribution < -0.4 is 0 Å². The third-order valence-corrected chi connectivity index (χ3v) is 4.18. The van der Waals surface area contributed by atoms with E-state index in [0.29, 0.717) is 11.1 Å². The molecule has 0 unspecified atom stereocenters. The number of hydrogen-bond acceptors (Lipinski definition) is 2. The SMILES string of the molecule is O=C(O)Cc1cccc(C=Cc2ccccc2)c1-c1cccc(C(=O)O)c1. The van der Waals surface area contributed by atoms with Crippen LogP contribution in [0.25, 0.3) is 23.3 Å². The van der Waals surface area contributed by atoms with Gasteiger partial charge >= 0.3 is 11.9 Å². The number of rotatable bonds is 6. The van der Waals surface area contributed by atoms with Crippen molar-refractivity contribution in [3.8, 4) is 11.1 Å². The molecule has 0 saturated carbocycles. The van der Waals surface area contributed by atoms with Gasteiger partial charge in [-0.3, -0.25) is 4.79 Å². The van der Waals surface area contributed by atoms with E-state index in [0.717, 1.165) is 16.7 Å². The molecule has 0 spiro atoms. The molecule has 0 bridgehead atoms. The predicted octanol–water partition coefficient (Wildman–Crippen LogP) is 4.85. The third-order valence-electron chi connectivity index (χ3n) is 4.18. The fourth-order valence-corrected chi connectivity index (χ4v) is 2.98. The average molecular weight is 358 g/mol. The second-order valence-corrected chi connectivity index (χ2v) is 6.08. The van der Waals surface area contributed by atoms with Crippen LogP contribution in [0.15, 0.2) is 72.8 Å². The quantitative estimate of drug-likeness (QED) is 0.618. The number of benzene rings is 3. The van der Waals surface area contributed by atoms with Crippen molar-refractivity contribution in [2.75, 3.05) is 0 Å². The zero-order chi connectivity index (χ0) is 19.2. The zero-order valence-corrected chi connectivity index (χ0v) is 14.5. The molecule has 0 amide bonds. The van der Waals surface area contributed by atoms with Gasteiger partial charge in [-0.25, -0.2) is 4.79 Å². The van der Waals surface area contributed by atoms with Gasteiger partial charge in [-0.05, 0) is 39.9 Å². The van der Waals surface area contributed by atoms with Gasteiger partial charge in [0.05, 0.1) is 12.0 Å². The highest BCUT2D eigenvalue weighted by Gasteiger charge is 2.14. The predicted molar refractivity (Wildman–Crippen MR) is 106 cm³/mol. The van der Waals surface area contributed by atoms with Crippen LogP contribution in [0.2, 0.25) is 0 Å². The average Bonchev–Trinajstić information content (AvgIpc) is 2.67. The van der Waals surface area contributed by atoms with Gasteiger partial charge in [0, 0.05) is 0 Å². The van der Waals surface area contributed by atoms with Gasteiger partial charge in [-0.15, -0.1) is 0 Å². The Kier molecular flexibility index (Phi) is 5.47. The van der Waals surface area contributed by atoms with E-state index in [1.165, 1.54) is 6.07 Å². The van der Waals surface area contributed by atoms with Crippen molar-refractivity contribution < 1.29 is 19.8 Å². The summed E-state index contributed by atoms with van der Waals surface area (Å²) in [4.78, 5) is 22.6. The first-order valence-corrected chi connectivity index (χ1v) is 8.45. The van der Waals surface area contributed by atoms with Crippen LogP contribution >= 0.6 is 0 Å². The highest BCUT2D eigenvalue weighted by Crippen LogP contribution is 2.30. The highest BCUT2D eigenvalue weighted by atomic mass is 16.4. The Morgan fingerprint density at radius 2 is 1.56 bits per heavy atom. The Labute approximate surface area is 157 Å². The number of aromatic carboxylic acids is 1. The summed E-state index contributed by atoms with van der Waals surface area (Å²) in [6.45, 7) is 0. The molecule has 0 aliphatic rings. The summed E-state index contributed by atoms with van der Waals surface area (Å²) >= 11 is 0. The number of hydrogen-bond donors (Lipinski definition) is 2. The van der Waals surface area contributed by atoms with Crippen LogP contribution in [0.4, 0.5) is 0 Å². The maximum absolute atomic E-state index is 11.3. The van der Waals surface area contributed by atoms with Crippen molar-refractivity contribution in [2.45, 2.75) is 6.42 Å². The van der Waals surface area contributed by atoms with Crippen LogP contribution in [-0.4, -0.2) is 22.2 Å². The van der Waals surface area contributed by atoms with Crippen molar-refractivity contribution >= 4 is 24.1 Å². The number of aliphatic carboxylic acids is 1. The summed E-state index contributed by atoms with van der Waals surface area (Å²) in [6, 6.07) is 21.8. The van der Waals surface area contributed by atoms with Crippen LogP contribution in [0.3, 0.4) is 0 Å². The molecule has 0 aliphatic carbocycles. The molecule has 4 heteroatoms. The molecule has 4 nitrogen and oxygen atoms in total. The molecule has 0 aromatic heterocycles. The number of carboxylic acids is 2. The normalized spacial score (nSPS) is 10.8. The summed E-state index contributed by atoms with van der Waals surface area (Å²) in [6.07, 6.45) is 3.73. The fraction of sp³-hybridized carbons (Fsp3) is 0.0435. The van der Waals surface area contributed by atoms with Crippen molar-refractivity contribution in [2.24, 2.45) is 0 Å². The molecule has 27 heavy (non-hydrogen) atoms. The molecule has 3 aromatic carbocycles. The first-order valence-electron chi connectivity index (χ1n) is 8.45. The lowest BCUT2D eigenvalue weighted by Gasteiger charge is -2.13. The van der Waals surface area contributed by atoms with E-state index in [-0.39, 0.29) is 12.0 Å². The molecule has 0 radical (unpaired) electrons. The van der Waals surface area contributed by atoms with Gasteiger partial charge < -0.3 is 10.2 Å². The fourth-order valence-electron chi connectivity index (χ4n) is 2.98. The minimum absolute atomic E-state index is 0.139.